The number of likely N-dealkylation sites (N-methyl/N-ethyl adjacent to an activating group) is 1. The minimum absolute atomic E-state index is 0.00699. The third kappa shape index (κ3) is 2.45. The van der Waals surface area contributed by atoms with E-state index in [0.717, 1.165) is 0 Å². The number of nitrogen functional groups attached to an aromatic ring is 1. The molecule has 1 saturated heterocycles. The molecule has 0 bridgehead atoms. The number of nitrogens with two attached hydrogens (primary N) is 1. The van der Waals surface area contributed by atoms with Gasteiger partial charge < -0.3 is 15.5 Å². The molecule has 0 saturated carbocycles. The molecule has 0 unspecified atom stereocenters. The summed E-state index contributed by atoms with van der Waals surface area (Å²) in [6.07, 6.45) is 0. The molecule has 0 radical (unpaired) electrons. The first-order valence-electron chi connectivity index (χ1n) is 6.04. The maximum Gasteiger partial charge on any atom is 0.254 e. The number of amides is 2. The van der Waals surface area contributed by atoms with Crippen molar-refractivity contribution in [1.82, 2.24) is 9.80 Å². The van der Waals surface area contributed by atoms with Crippen LogP contribution in [0.25, 0.3) is 0 Å². The Balaban J connectivity index is 2.07. The summed E-state index contributed by atoms with van der Waals surface area (Å²) in [5, 5.41) is 0. The maximum atomic E-state index is 12.2. The van der Waals surface area contributed by atoms with Crippen LogP contribution in [0.4, 0.5) is 5.69 Å². The first-order chi connectivity index (χ1) is 8.61. The van der Waals surface area contributed by atoms with E-state index in [0.29, 0.717) is 30.9 Å². The molecular formula is C13H17N3O2. The average molecular weight is 247 g/mol. The van der Waals surface area contributed by atoms with Crippen molar-refractivity contribution in [2.75, 3.05) is 31.9 Å². The standard InChI is InChI=1S/C13H17N3O2/c1-2-15-7-8-16(9-12(15)17)13(18)10-3-5-11(14)6-4-10/h3-6H,2,7-9,14H2,1H3. The molecule has 0 atom stereocenters. The second-order valence-corrected chi connectivity index (χ2v) is 4.32. The van der Waals surface area contributed by atoms with Crippen LogP contribution in [0.15, 0.2) is 24.3 Å². The van der Waals surface area contributed by atoms with Gasteiger partial charge in [-0.25, -0.2) is 0 Å². The summed E-state index contributed by atoms with van der Waals surface area (Å²) < 4.78 is 0. The third-order valence-electron chi connectivity index (χ3n) is 3.15. The summed E-state index contributed by atoms with van der Waals surface area (Å²) in [6, 6.07) is 6.76. The van der Waals surface area contributed by atoms with Crippen LogP contribution in [0.1, 0.15) is 17.3 Å². The van der Waals surface area contributed by atoms with Crippen LogP contribution in [-0.2, 0) is 4.79 Å². The monoisotopic (exact) mass is 247 g/mol. The van der Waals surface area contributed by atoms with Gasteiger partial charge in [-0.05, 0) is 31.2 Å². The highest BCUT2D eigenvalue weighted by Gasteiger charge is 2.26. The van der Waals surface area contributed by atoms with Crippen molar-refractivity contribution in [1.29, 1.82) is 0 Å². The minimum Gasteiger partial charge on any atom is -0.399 e. The minimum atomic E-state index is -0.112. The molecule has 18 heavy (non-hydrogen) atoms. The van der Waals surface area contributed by atoms with Gasteiger partial charge in [0.25, 0.3) is 5.91 Å². The van der Waals surface area contributed by atoms with E-state index in [1.54, 1.807) is 34.1 Å². The van der Waals surface area contributed by atoms with Crippen LogP contribution in [0.2, 0.25) is 0 Å². The molecule has 0 aliphatic carbocycles. The van der Waals surface area contributed by atoms with E-state index in [2.05, 4.69) is 0 Å². The van der Waals surface area contributed by atoms with Gasteiger partial charge in [-0.3, -0.25) is 9.59 Å². The lowest BCUT2D eigenvalue weighted by molar-refractivity contribution is -0.134. The van der Waals surface area contributed by atoms with Gasteiger partial charge in [0.1, 0.15) is 6.54 Å². The van der Waals surface area contributed by atoms with E-state index in [-0.39, 0.29) is 18.4 Å². The molecule has 1 aromatic carbocycles. The van der Waals surface area contributed by atoms with Gasteiger partial charge in [-0.1, -0.05) is 0 Å². The molecule has 1 aromatic rings. The normalized spacial score (nSPS) is 15.9. The molecule has 1 aliphatic heterocycles. The van der Waals surface area contributed by atoms with Crippen molar-refractivity contribution < 1.29 is 9.59 Å². The fraction of sp³-hybridized carbons (Fsp3) is 0.385. The number of hydrogen-bond acceptors (Lipinski definition) is 3. The number of carbonyl (C=O) groups is 2. The third-order valence-corrected chi connectivity index (χ3v) is 3.15. The van der Waals surface area contributed by atoms with Crippen molar-refractivity contribution in [2.45, 2.75) is 6.92 Å². The van der Waals surface area contributed by atoms with Crippen LogP contribution in [0.5, 0.6) is 0 Å². The summed E-state index contributed by atoms with van der Waals surface area (Å²) >= 11 is 0. The molecule has 5 heteroatoms. The summed E-state index contributed by atoms with van der Waals surface area (Å²) in [5.74, 6) is -0.105. The molecule has 1 aliphatic rings. The van der Waals surface area contributed by atoms with Crippen LogP contribution in [0.3, 0.4) is 0 Å². The summed E-state index contributed by atoms with van der Waals surface area (Å²) in [6.45, 7) is 3.99. The predicted octanol–water partition coefficient (Wildman–Crippen LogP) is 0.573. The van der Waals surface area contributed by atoms with Crippen LogP contribution in [-0.4, -0.2) is 47.8 Å². The quantitative estimate of drug-likeness (QED) is 0.777. The highest BCUT2D eigenvalue weighted by molar-refractivity contribution is 5.97. The van der Waals surface area contributed by atoms with Crippen molar-refractivity contribution in [2.24, 2.45) is 0 Å². The van der Waals surface area contributed by atoms with Gasteiger partial charge in [0.05, 0.1) is 0 Å². The Hall–Kier alpha value is -2.04. The van der Waals surface area contributed by atoms with Gasteiger partial charge in [0.2, 0.25) is 5.91 Å². The molecule has 1 heterocycles. The highest BCUT2D eigenvalue weighted by Crippen LogP contribution is 2.11. The Morgan fingerprint density at radius 2 is 1.94 bits per heavy atom. The number of hydrogen-bond donors (Lipinski definition) is 1. The number of benzene rings is 1. The fourth-order valence-corrected chi connectivity index (χ4v) is 2.02. The zero-order valence-corrected chi connectivity index (χ0v) is 10.4. The fourth-order valence-electron chi connectivity index (χ4n) is 2.02. The van der Waals surface area contributed by atoms with Gasteiger partial charge >= 0.3 is 0 Å². The molecule has 2 rings (SSSR count). The molecule has 2 N–H and O–H groups in total. The zero-order chi connectivity index (χ0) is 13.1. The number of piperazine rings is 1. The Labute approximate surface area is 106 Å². The van der Waals surface area contributed by atoms with Gasteiger partial charge in [-0.2, -0.15) is 0 Å². The van der Waals surface area contributed by atoms with E-state index >= 15 is 0 Å². The van der Waals surface area contributed by atoms with Crippen molar-refractivity contribution in [3.8, 4) is 0 Å². The van der Waals surface area contributed by atoms with Crippen molar-refractivity contribution in [3.05, 3.63) is 29.8 Å². The molecule has 96 valence electrons. The second-order valence-electron chi connectivity index (χ2n) is 4.32. The van der Waals surface area contributed by atoms with E-state index < -0.39 is 0 Å². The zero-order valence-electron chi connectivity index (χ0n) is 10.4. The SMILES string of the molecule is CCN1CCN(C(=O)c2ccc(N)cc2)CC1=O. The molecule has 1 fully saturated rings. The Kier molecular flexibility index (Phi) is 3.50. The van der Waals surface area contributed by atoms with E-state index in [1.807, 2.05) is 6.92 Å². The summed E-state index contributed by atoms with van der Waals surface area (Å²) in [5.41, 5.74) is 6.77. The topological polar surface area (TPSA) is 66.6 Å². The Morgan fingerprint density at radius 1 is 1.28 bits per heavy atom. The average Bonchev–Trinajstić information content (AvgIpc) is 2.38. The highest BCUT2D eigenvalue weighted by atomic mass is 16.2. The van der Waals surface area contributed by atoms with Gasteiger partial charge in [0, 0.05) is 30.9 Å². The molecule has 5 nitrogen and oxygen atoms in total. The maximum absolute atomic E-state index is 12.2. The molecule has 0 spiro atoms. The van der Waals surface area contributed by atoms with Crippen LogP contribution < -0.4 is 5.73 Å². The lowest BCUT2D eigenvalue weighted by atomic mass is 10.1. The summed E-state index contributed by atoms with van der Waals surface area (Å²) in [4.78, 5) is 27.2. The van der Waals surface area contributed by atoms with E-state index in [1.165, 1.54) is 0 Å². The van der Waals surface area contributed by atoms with Crippen molar-refractivity contribution in [3.63, 3.8) is 0 Å². The molecular weight excluding hydrogens is 230 g/mol. The van der Waals surface area contributed by atoms with Gasteiger partial charge in [0.15, 0.2) is 0 Å². The molecule has 0 aromatic heterocycles. The Morgan fingerprint density at radius 3 is 2.50 bits per heavy atom. The number of nitrogens with zero attached hydrogens (tertiary/aromatic N) is 2. The lowest BCUT2D eigenvalue weighted by Crippen LogP contribution is -2.52. The first-order valence-corrected chi connectivity index (χ1v) is 6.04. The summed E-state index contributed by atoms with van der Waals surface area (Å²) in [7, 11) is 0. The van der Waals surface area contributed by atoms with Crippen LogP contribution in [0, 0.1) is 0 Å². The van der Waals surface area contributed by atoms with Gasteiger partial charge in [-0.15, -0.1) is 0 Å². The smallest absolute Gasteiger partial charge is 0.254 e. The number of anilines is 1. The number of rotatable bonds is 2. The second kappa shape index (κ2) is 5.08. The van der Waals surface area contributed by atoms with E-state index in [9.17, 15) is 9.59 Å². The van der Waals surface area contributed by atoms with Crippen LogP contribution >= 0.6 is 0 Å². The number of carbonyl (C=O) groups excluding carboxylic acids is 2. The van der Waals surface area contributed by atoms with Crippen molar-refractivity contribution >= 4 is 17.5 Å². The predicted molar refractivity (Wildman–Crippen MR) is 69.0 cm³/mol. The lowest BCUT2D eigenvalue weighted by Gasteiger charge is -2.33. The first kappa shape index (κ1) is 12.4. The Bertz CT molecular complexity index is 456. The molecule has 2 amide bonds. The largest absolute Gasteiger partial charge is 0.399 e. The van der Waals surface area contributed by atoms with E-state index in [4.69, 9.17) is 5.73 Å².